The molecule has 0 saturated heterocycles. The molecule has 3 aromatic rings. The first-order valence-electron chi connectivity index (χ1n) is 8.98. The Labute approximate surface area is 169 Å². The molecular formula is C21H24N2O4S. The predicted molar refractivity (Wildman–Crippen MR) is 110 cm³/mol. The van der Waals surface area contributed by atoms with Crippen molar-refractivity contribution in [3.05, 3.63) is 47.5 Å². The third-order valence-corrected chi connectivity index (χ3v) is 4.89. The van der Waals surface area contributed by atoms with Crippen molar-refractivity contribution in [3.8, 4) is 28.7 Å². The number of methoxy groups -OCH3 is 2. The second kappa shape index (κ2) is 9.50. The third-order valence-electron chi connectivity index (χ3n) is 3.98. The summed E-state index contributed by atoms with van der Waals surface area (Å²) in [7, 11) is 3.21. The average Bonchev–Trinajstić information content (AvgIpc) is 3.15. The Hall–Kier alpha value is -2.67. The van der Waals surface area contributed by atoms with E-state index in [0.29, 0.717) is 29.2 Å². The minimum Gasteiger partial charge on any atom is -0.497 e. The van der Waals surface area contributed by atoms with E-state index in [1.54, 1.807) is 20.3 Å². The van der Waals surface area contributed by atoms with Gasteiger partial charge in [0.05, 0.1) is 20.8 Å². The number of aryl methyl sites for hydroxylation is 2. The standard InChI is InChI=1S/C21H24N2O4S/c1-14-8-15(2)10-19(9-14)26-6-5-7-28-21-23-22-20(27-21)16-11-17(24-3)13-18(12-16)25-4/h8-13H,5-7H2,1-4H3. The first-order chi connectivity index (χ1) is 13.6. The van der Waals surface area contributed by atoms with Crippen molar-refractivity contribution in [3.63, 3.8) is 0 Å². The topological polar surface area (TPSA) is 66.6 Å². The normalized spacial score (nSPS) is 10.7. The lowest BCUT2D eigenvalue weighted by Gasteiger charge is -2.07. The fourth-order valence-corrected chi connectivity index (χ4v) is 3.41. The zero-order chi connectivity index (χ0) is 19.9. The molecule has 0 saturated carbocycles. The van der Waals surface area contributed by atoms with Gasteiger partial charge in [0.15, 0.2) is 0 Å². The Bertz CT molecular complexity index is 884. The van der Waals surface area contributed by atoms with Gasteiger partial charge >= 0.3 is 0 Å². The summed E-state index contributed by atoms with van der Waals surface area (Å²) in [4.78, 5) is 0. The molecule has 2 aromatic carbocycles. The molecule has 0 unspecified atom stereocenters. The van der Waals surface area contributed by atoms with Gasteiger partial charge in [-0.2, -0.15) is 0 Å². The molecule has 3 rings (SSSR count). The number of ether oxygens (including phenoxy) is 3. The number of thioether (sulfide) groups is 1. The predicted octanol–water partition coefficient (Wildman–Crippen LogP) is 4.93. The zero-order valence-corrected chi connectivity index (χ0v) is 17.3. The van der Waals surface area contributed by atoms with Crippen molar-refractivity contribution >= 4 is 11.8 Å². The van der Waals surface area contributed by atoms with Crippen molar-refractivity contribution in [1.82, 2.24) is 10.2 Å². The number of rotatable bonds is 9. The molecule has 0 aliphatic heterocycles. The molecule has 0 aliphatic carbocycles. The van der Waals surface area contributed by atoms with Gasteiger partial charge in [-0.15, -0.1) is 10.2 Å². The van der Waals surface area contributed by atoms with Gasteiger partial charge in [-0.25, -0.2) is 0 Å². The van der Waals surface area contributed by atoms with E-state index in [1.165, 1.54) is 22.9 Å². The van der Waals surface area contributed by atoms with Crippen LogP contribution >= 0.6 is 11.8 Å². The second-order valence-corrected chi connectivity index (χ2v) is 7.39. The smallest absolute Gasteiger partial charge is 0.276 e. The fraction of sp³-hybridized carbons (Fsp3) is 0.333. The Morgan fingerprint density at radius 1 is 0.857 bits per heavy atom. The first-order valence-corrected chi connectivity index (χ1v) is 9.97. The van der Waals surface area contributed by atoms with Gasteiger partial charge in [0.2, 0.25) is 5.89 Å². The van der Waals surface area contributed by atoms with E-state index in [2.05, 4.69) is 30.1 Å². The average molecular weight is 401 g/mol. The SMILES string of the molecule is COc1cc(OC)cc(-c2nnc(SCCCOc3cc(C)cc(C)c3)o2)c1. The maximum Gasteiger partial charge on any atom is 0.276 e. The van der Waals surface area contributed by atoms with Crippen molar-refractivity contribution in [2.24, 2.45) is 0 Å². The highest BCUT2D eigenvalue weighted by molar-refractivity contribution is 7.99. The summed E-state index contributed by atoms with van der Waals surface area (Å²) in [6, 6.07) is 11.7. The third kappa shape index (κ3) is 5.42. The van der Waals surface area contributed by atoms with Gasteiger partial charge in [0.25, 0.3) is 5.22 Å². The van der Waals surface area contributed by atoms with Gasteiger partial charge in [0, 0.05) is 17.4 Å². The lowest BCUT2D eigenvalue weighted by molar-refractivity contribution is 0.318. The molecule has 148 valence electrons. The molecule has 0 fully saturated rings. The minimum absolute atomic E-state index is 0.436. The summed E-state index contributed by atoms with van der Waals surface area (Å²) in [6.45, 7) is 4.78. The van der Waals surface area contributed by atoms with Crippen LogP contribution in [-0.4, -0.2) is 36.8 Å². The maximum atomic E-state index is 5.82. The molecule has 0 aliphatic rings. The van der Waals surface area contributed by atoms with Crippen LogP contribution in [0.15, 0.2) is 46.0 Å². The van der Waals surface area contributed by atoms with Crippen LogP contribution in [0.25, 0.3) is 11.5 Å². The van der Waals surface area contributed by atoms with Gasteiger partial charge in [0.1, 0.15) is 17.2 Å². The first kappa shape index (κ1) is 20.1. The Kier molecular flexibility index (Phi) is 6.81. The molecule has 1 aromatic heterocycles. The summed E-state index contributed by atoms with van der Waals surface area (Å²) in [5.74, 6) is 3.52. The number of hydrogen-bond acceptors (Lipinski definition) is 7. The van der Waals surface area contributed by atoms with E-state index in [-0.39, 0.29) is 0 Å². The summed E-state index contributed by atoms with van der Waals surface area (Å²) >= 11 is 1.51. The number of benzene rings is 2. The van der Waals surface area contributed by atoms with Crippen LogP contribution in [0, 0.1) is 13.8 Å². The summed E-state index contributed by atoms with van der Waals surface area (Å²) in [6.07, 6.45) is 0.877. The molecule has 0 spiro atoms. The summed E-state index contributed by atoms with van der Waals surface area (Å²) in [5.41, 5.74) is 3.17. The minimum atomic E-state index is 0.436. The molecule has 28 heavy (non-hydrogen) atoms. The Morgan fingerprint density at radius 2 is 1.54 bits per heavy atom. The molecule has 0 amide bonds. The molecule has 6 nitrogen and oxygen atoms in total. The summed E-state index contributed by atoms with van der Waals surface area (Å²) < 4.78 is 22.1. The van der Waals surface area contributed by atoms with Crippen LogP contribution in [0.1, 0.15) is 17.5 Å². The van der Waals surface area contributed by atoms with Gasteiger partial charge in [-0.05, 0) is 55.7 Å². The lowest BCUT2D eigenvalue weighted by Crippen LogP contribution is -1.99. The van der Waals surface area contributed by atoms with Crippen LogP contribution in [0.3, 0.4) is 0 Å². The van der Waals surface area contributed by atoms with Crippen LogP contribution in [0.4, 0.5) is 0 Å². The second-order valence-electron chi connectivity index (χ2n) is 6.35. The molecule has 0 N–H and O–H groups in total. The van der Waals surface area contributed by atoms with Crippen molar-refractivity contribution in [1.29, 1.82) is 0 Å². The van der Waals surface area contributed by atoms with Crippen LogP contribution in [0.2, 0.25) is 0 Å². The zero-order valence-electron chi connectivity index (χ0n) is 16.5. The highest BCUT2D eigenvalue weighted by Gasteiger charge is 2.12. The van der Waals surface area contributed by atoms with Gasteiger partial charge < -0.3 is 18.6 Å². The molecular weight excluding hydrogens is 376 g/mol. The Balaban J connectivity index is 1.51. The summed E-state index contributed by atoms with van der Waals surface area (Å²) in [5, 5.41) is 8.76. The number of hydrogen-bond donors (Lipinski definition) is 0. The van der Waals surface area contributed by atoms with Crippen molar-refractivity contribution < 1.29 is 18.6 Å². The largest absolute Gasteiger partial charge is 0.497 e. The Morgan fingerprint density at radius 3 is 2.18 bits per heavy atom. The molecule has 0 atom stereocenters. The molecule has 1 heterocycles. The highest BCUT2D eigenvalue weighted by atomic mass is 32.2. The lowest BCUT2D eigenvalue weighted by atomic mass is 10.1. The van der Waals surface area contributed by atoms with Crippen LogP contribution in [0.5, 0.6) is 17.2 Å². The number of nitrogens with zero attached hydrogens (tertiary/aromatic N) is 2. The van der Waals surface area contributed by atoms with E-state index >= 15 is 0 Å². The molecule has 0 radical (unpaired) electrons. The van der Waals surface area contributed by atoms with E-state index in [9.17, 15) is 0 Å². The van der Waals surface area contributed by atoms with Crippen LogP contribution in [-0.2, 0) is 0 Å². The van der Waals surface area contributed by atoms with Crippen molar-refractivity contribution in [2.75, 3.05) is 26.6 Å². The fourth-order valence-electron chi connectivity index (χ4n) is 2.74. The molecule has 7 heteroatoms. The quantitative estimate of drug-likeness (QED) is 0.372. The van der Waals surface area contributed by atoms with E-state index in [1.807, 2.05) is 24.3 Å². The maximum absolute atomic E-state index is 5.82. The van der Waals surface area contributed by atoms with Crippen LogP contribution < -0.4 is 14.2 Å². The molecule has 0 bridgehead atoms. The van der Waals surface area contributed by atoms with E-state index in [4.69, 9.17) is 18.6 Å². The van der Waals surface area contributed by atoms with E-state index < -0.39 is 0 Å². The highest BCUT2D eigenvalue weighted by Crippen LogP contribution is 2.30. The monoisotopic (exact) mass is 400 g/mol. The van der Waals surface area contributed by atoms with Crippen molar-refractivity contribution in [2.45, 2.75) is 25.5 Å². The van der Waals surface area contributed by atoms with Gasteiger partial charge in [-0.3, -0.25) is 0 Å². The number of aromatic nitrogens is 2. The van der Waals surface area contributed by atoms with Gasteiger partial charge in [-0.1, -0.05) is 17.8 Å². The van der Waals surface area contributed by atoms with E-state index in [0.717, 1.165) is 23.5 Å².